The van der Waals surface area contributed by atoms with Gasteiger partial charge in [0.25, 0.3) is 0 Å². The van der Waals surface area contributed by atoms with Gasteiger partial charge in [-0.05, 0) is 18.2 Å². The van der Waals surface area contributed by atoms with Crippen LogP contribution in [0.25, 0.3) is 0 Å². The number of carbonyl (C=O) groups excluding carboxylic acids is 1. The number of rotatable bonds is 1. The van der Waals surface area contributed by atoms with Gasteiger partial charge < -0.3 is 10.5 Å². The van der Waals surface area contributed by atoms with Gasteiger partial charge >= 0.3 is 6.09 Å². The number of carbonyl (C=O) groups is 1. The third-order valence-corrected chi connectivity index (χ3v) is 2.34. The van der Waals surface area contributed by atoms with Crippen molar-refractivity contribution in [3.8, 4) is 0 Å². The molecule has 1 fully saturated rings. The van der Waals surface area contributed by atoms with Crippen LogP contribution >= 0.6 is 11.6 Å². The van der Waals surface area contributed by atoms with Crippen molar-refractivity contribution in [2.75, 3.05) is 23.8 Å². The lowest BCUT2D eigenvalue weighted by Gasteiger charge is -2.14. The molecule has 1 aliphatic heterocycles. The fourth-order valence-electron chi connectivity index (χ4n) is 1.35. The molecule has 14 heavy (non-hydrogen) atoms. The molecule has 2 rings (SSSR count). The fraction of sp³-hybridized carbons (Fsp3) is 0.222. The van der Waals surface area contributed by atoms with Gasteiger partial charge in [-0.3, -0.25) is 4.90 Å². The second-order valence-electron chi connectivity index (χ2n) is 2.98. The lowest BCUT2D eigenvalue weighted by molar-refractivity contribution is 0.181. The molecule has 1 aromatic carbocycles. The first-order valence-corrected chi connectivity index (χ1v) is 4.55. The maximum absolute atomic E-state index is 11.2. The molecular formula is C9H9ClN2O2. The highest BCUT2D eigenvalue weighted by atomic mass is 35.5. The Labute approximate surface area is 86.2 Å². The lowest BCUT2D eigenvalue weighted by Crippen LogP contribution is -2.23. The van der Waals surface area contributed by atoms with Gasteiger partial charge in [0.2, 0.25) is 0 Å². The molecule has 0 radical (unpaired) electrons. The van der Waals surface area contributed by atoms with Crippen LogP contribution < -0.4 is 10.6 Å². The van der Waals surface area contributed by atoms with Crippen LogP contribution in [0, 0.1) is 0 Å². The molecular weight excluding hydrogens is 204 g/mol. The van der Waals surface area contributed by atoms with E-state index in [2.05, 4.69) is 0 Å². The Bertz CT molecular complexity index is 381. The first kappa shape index (κ1) is 9.15. The molecule has 74 valence electrons. The minimum Gasteiger partial charge on any atom is -0.447 e. The van der Waals surface area contributed by atoms with Gasteiger partial charge in [-0.15, -0.1) is 0 Å². The van der Waals surface area contributed by atoms with Crippen molar-refractivity contribution in [3.05, 3.63) is 23.2 Å². The second-order valence-corrected chi connectivity index (χ2v) is 3.38. The molecule has 4 nitrogen and oxygen atoms in total. The van der Waals surface area contributed by atoms with Crippen LogP contribution in [0.4, 0.5) is 16.2 Å². The van der Waals surface area contributed by atoms with Crippen LogP contribution in [-0.2, 0) is 4.74 Å². The van der Waals surface area contributed by atoms with Crippen LogP contribution in [0.3, 0.4) is 0 Å². The van der Waals surface area contributed by atoms with E-state index < -0.39 is 0 Å². The van der Waals surface area contributed by atoms with Gasteiger partial charge in [-0.1, -0.05) is 11.6 Å². The van der Waals surface area contributed by atoms with Gasteiger partial charge in [-0.25, -0.2) is 4.79 Å². The molecule has 0 aromatic heterocycles. The number of nitrogens with zero attached hydrogens (tertiary/aromatic N) is 1. The van der Waals surface area contributed by atoms with Crippen molar-refractivity contribution >= 4 is 29.1 Å². The van der Waals surface area contributed by atoms with E-state index in [4.69, 9.17) is 22.1 Å². The van der Waals surface area contributed by atoms with Crippen LogP contribution in [-0.4, -0.2) is 19.2 Å². The molecule has 1 saturated heterocycles. The van der Waals surface area contributed by atoms with Gasteiger partial charge in [-0.2, -0.15) is 0 Å². The summed E-state index contributed by atoms with van der Waals surface area (Å²) >= 11 is 5.94. The number of ether oxygens (including phenoxy) is 1. The van der Waals surface area contributed by atoms with Crippen molar-refractivity contribution in [1.82, 2.24) is 0 Å². The molecule has 1 heterocycles. The predicted octanol–water partition coefficient (Wildman–Crippen LogP) is 1.88. The normalized spacial score (nSPS) is 15.8. The van der Waals surface area contributed by atoms with E-state index >= 15 is 0 Å². The average molecular weight is 213 g/mol. The van der Waals surface area contributed by atoms with Crippen molar-refractivity contribution in [2.24, 2.45) is 0 Å². The quantitative estimate of drug-likeness (QED) is 0.724. The van der Waals surface area contributed by atoms with Crippen LogP contribution in [0.15, 0.2) is 18.2 Å². The number of nitrogen functional groups attached to an aromatic ring is 1. The number of nitrogens with two attached hydrogens (primary N) is 1. The zero-order chi connectivity index (χ0) is 10.1. The lowest BCUT2D eigenvalue weighted by atomic mass is 10.2. The Kier molecular flexibility index (Phi) is 2.21. The summed E-state index contributed by atoms with van der Waals surface area (Å²) in [5.74, 6) is 0. The number of halogens is 1. The molecule has 1 amide bonds. The molecule has 0 spiro atoms. The molecule has 2 N–H and O–H groups in total. The van der Waals surface area contributed by atoms with E-state index in [0.29, 0.717) is 29.5 Å². The summed E-state index contributed by atoms with van der Waals surface area (Å²) < 4.78 is 4.80. The van der Waals surface area contributed by atoms with E-state index in [1.807, 2.05) is 0 Å². The summed E-state index contributed by atoms with van der Waals surface area (Å²) in [6, 6.07) is 5.01. The third-order valence-electron chi connectivity index (χ3n) is 2.02. The Morgan fingerprint density at radius 2 is 2.29 bits per heavy atom. The predicted molar refractivity (Wildman–Crippen MR) is 54.6 cm³/mol. The largest absolute Gasteiger partial charge is 0.447 e. The SMILES string of the molecule is Nc1ccc(Cl)c(N2CCOC2=O)c1. The van der Waals surface area contributed by atoms with Crippen molar-refractivity contribution in [1.29, 1.82) is 0 Å². The van der Waals surface area contributed by atoms with Gasteiger partial charge in [0.15, 0.2) is 0 Å². The van der Waals surface area contributed by atoms with E-state index in [9.17, 15) is 4.79 Å². The van der Waals surface area contributed by atoms with Crippen molar-refractivity contribution in [3.63, 3.8) is 0 Å². The Hall–Kier alpha value is -1.42. The topological polar surface area (TPSA) is 55.6 Å². The van der Waals surface area contributed by atoms with Gasteiger partial charge in [0.05, 0.1) is 17.3 Å². The molecule has 0 atom stereocenters. The van der Waals surface area contributed by atoms with E-state index in [0.717, 1.165) is 0 Å². The maximum atomic E-state index is 11.2. The highest BCUT2D eigenvalue weighted by Crippen LogP contribution is 2.29. The molecule has 1 aromatic rings. The summed E-state index contributed by atoms with van der Waals surface area (Å²) in [5.41, 5.74) is 6.78. The van der Waals surface area contributed by atoms with Crippen molar-refractivity contribution in [2.45, 2.75) is 0 Å². The zero-order valence-corrected chi connectivity index (χ0v) is 8.12. The monoisotopic (exact) mass is 212 g/mol. The zero-order valence-electron chi connectivity index (χ0n) is 7.37. The first-order chi connectivity index (χ1) is 6.68. The number of hydrogen-bond donors (Lipinski definition) is 1. The second kappa shape index (κ2) is 3.38. The van der Waals surface area contributed by atoms with E-state index in [-0.39, 0.29) is 6.09 Å². The minimum atomic E-state index is -0.377. The Morgan fingerprint density at radius 1 is 1.50 bits per heavy atom. The number of hydrogen-bond acceptors (Lipinski definition) is 3. The van der Waals surface area contributed by atoms with Crippen LogP contribution in [0.5, 0.6) is 0 Å². The summed E-state index contributed by atoms with van der Waals surface area (Å²) in [7, 11) is 0. The average Bonchev–Trinajstić information content (AvgIpc) is 2.56. The number of cyclic esters (lactones) is 1. The van der Waals surface area contributed by atoms with Crippen LogP contribution in [0.2, 0.25) is 5.02 Å². The summed E-state index contributed by atoms with van der Waals surface area (Å²) in [6.45, 7) is 0.909. The van der Waals surface area contributed by atoms with Gasteiger partial charge in [0.1, 0.15) is 6.61 Å². The minimum absolute atomic E-state index is 0.377. The smallest absolute Gasteiger partial charge is 0.414 e. The summed E-state index contributed by atoms with van der Waals surface area (Å²) in [5, 5.41) is 0.498. The summed E-state index contributed by atoms with van der Waals surface area (Å²) in [6.07, 6.45) is -0.377. The van der Waals surface area contributed by atoms with E-state index in [1.54, 1.807) is 18.2 Å². The Morgan fingerprint density at radius 3 is 2.93 bits per heavy atom. The number of amides is 1. The highest BCUT2D eigenvalue weighted by Gasteiger charge is 2.25. The summed E-state index contributed by atoms with van der Waals surface area (Å²) in [4.78, 5) is 12.7. The van der Waals surface area contributed by atoms with Crippen molar-refractivity contribution < 1.29 is 9.53 Å². The third kappa shape index (κ3) is 1.48. The number of anilines is 2. The molecule has 5 heteroatoms. The first-order valence-electron chi connectivity index (χ1n) is 4.18. The van der Waals surface area contributed by atoms with Gasteiger partial charge in [0, 0.05) is 5.69 Å². The standard InChI is InChI=1S/C9H9ClN2O2/c10-7-2-1-6(11)5-8(7)12-3-4-14-9(12)13/h1-2,5H,3-4,11H2. The number of benzene rings is 1. The Balaban J connectivity index is 2.39. The molecule has 0 saturated carbocycles. The maximum Gasteiger partial charge on any atom is 0.414 e. The highest BCUT2D eigenvalue weighted by molar-refractivity contribution is 6.33. The van der Waals surface area contributed by atoms with Crippen LogP contribution in [0.1, 0.15) is 0 Å². The molecule has 1 aliphatic rings. The molecule has 0 unspecified atom stereocenters. The molecule has 0 bridgehead atoms. The molecule has 0 aliphatic carbocycles. The fourth-order valence-corrected chi connectivity index (χ4v) is 1.57. The van der Waals surface area contributed by atoms with E-state index in [1.165, 1.54) is 4.90 Å².